The van der Waals surface area contributed by atoms with Gasteiger partial charge in [0.05, 0.1) is 0 Å². The molecule has 0 aromatic heterocycles. The number of rotatable bonds is 2. The molecule has 3 unspecified atom stereocenters. The van der Waals surface area contributed by atoms with Gasteiger partial charge in [0, 0.05) is 0 Å². The second-order valence-corrected chi connectivity index (χ2v) is 12.8. The molecule has 0 nitrogen and oxygen atoms in total. The predicted octanol–water partition coefficient (Wildman–Crippen LogP) is 8.24. The first-order chi connectivity index (χ1) is 8.69. The van der Waals surface area contributed by atoms with Crippen molar-refractivity contribution in [2.24, 2.45) is 0 Å². The molecule has 0 spiro atoms. The summed E-state index contributed by atoms with van der Waals surface area (Å²) >= 11 is 34.4. The summed E-state index contributed by atoms with van der Waals surface area (Å²) in [6.45, 7) is 0. The van der Waals surface area contributed by atoms with Crippen LogP contribution in [0.25, 0.3) is 0 Å². The summed E-state index contributed by atoms with van der Waals surface area (Å²) in [6, 6.07) is 0. The Bertz CT molecular complexity index is 320. The van der Waals surface area contributed by atoms with E-state index in [-0.39, 0.29) is 0 Å². The van der Waals surface area contributed by atoms with Gasteiger partial charge in [-0.1, -0.05) is 94.2 Å². The van der Waals surface area contributed by atoms with Crippen LogP contribution in [0.5, 0.6) is 0 Å². The standard InChI is InChI=1S/C3Br2Cl3F3.C3HBr2Cl2F3/c4-1(6,2(5,7)8)3(9,10)11;4-1(6)2(5,7)3(8,9)10/h;1H. The minimum atomic E-state index is -4.75. The van der Waals surface area contributed by atoms with Crippen LogP contribution in [0.1, 0.15) is 0 Å². The van der Waals surface area contributed by atoms with E-state index in [0.717, 1.165) is 0 Å². The summed E-state index contributed by atoms with van der Waals surface area (Å²) < 4.78 is 62.0. The van der Waals surface area contributed by atoms with Crippen molar-refractivity contribution in [1.29, 1.82) is 0 Å². The minimum absolute atomic E-state index is 1.40. The lowest BCUT2D eigenvalue weighted by atomic mass is 10.4. The van der Waals surface area contributed by atoms with Gasteiger partial charge in [0.2, 0.25) is 10.8 Å². The third-order valence-corrected chi connectivity index (χ3v) is 9.09. The van der Waals surface area contributed by atoms with Crippen LogP contribution in [-0.4, -0.2) is 27.4 Å². The van der Waals surface area contributed by atoms with E-state index in [1.807, 2.05) is 0 Å². The largest absolute Gasteiger partial charge is 0.421 e. The van der Waals surface area contributed by atoms with Gasteiger partial charge in [-0.3, -0.25) is 0 Å². The van der Waals surface area contributed by atoms with Gasteiger partial charge in [0.25, 0.3) is 0 Å². The van der Waals surface area contributed by atoms with Crippen molar-refractivity contribution in [3.63, 3.8) is 0 Å². The fraction of sp³-hybridized carbons (Fsp3) is 1.00. The van der Waals surface area contributed by atoms with Crippen LogP contribution < -0.4 is 0 Å². The maximum Gasteiger partial charge on any atom is 0.421 e. The van der Waals surface area contributed by atoms with Crippen LogP contribution in [0.4, 0.5) is 26.3 Å². The van der Waals surface area contributed by atoms with E-state index < -0.39 is 27.4 Å². The minimum Gasteiger partial charge on any atom is -0.168 e. The quantitative estimate of drug-likeness (QED) is 0.203. The number of hydrogen-bond acceptors (Lipinski definition) is 0. The van der Waals surface area contributed by atoms with Gasteiger partial charge in [-0.05, 0) is 15.9 Å². The highest BCUT2D eigenvalue weighted by atomic mass is 79.9. The van der Waals surface area contributed by atoms with E-state index in [1.54, 1.807) is 0 Å². The molecule has 0 rings (SSSR count). The molecule has 0 fully saturated rings. The zero-order valence-corrected chi connectivity index (χ0v) is 18.9. The highest BCUT2D eigenvalue weighted by Gasteiger charge is 2.63. The second kappa shape index (κ2) is 8.56. The van der Waals surface area contributed by atoms with E-state index in [2.05, 4.69) is 63.7 Å². The first kappa shape index (κ1) is 26.2. The molecule has 0 aromatic carbocycles. The Labute approximate surface area is 174 Å². The topological polar surface area (TPSA) is 0 Å². The molecule has 0 saturated carbocycles. The lowest BCUT2D eigenvalue weighted by Gasteiger charge is -2.29. The second-order valence-electron chi connectivity index (χ2n) is 2.99. The summed E-state index contributed by atoms with van der Waals surface area (Å²) in [7, 11) is 0. The van der Waals surface area contributed by atoms with Crippen molar-refractivity contribution in [3.05, 3.63) is 0 Å². The first-order valence-electron chi connectivity index (χ1n) is 3.93. The first-order valence-corrected chi connectivity index (χ1v) is 9.17. The molecular weight excluding hydrogens is 683 g/mol. The molecule has 130 valence electrons. The van der Waals surface area contributed by atoms with Gasteiger partial charge in [-0.2, -0.15) is 26.3 Å². The smallest absolute Gasteiger partial charge is 0.168 e. The summed E-state index contributed by atoms with van der Waals surface area (Å²) in [6.07, 6.45) is -9.33. The SMILES string of the molecule is FC(F)(F)C(Cl)(Br)C(Cl)(Cl)Br.FC(F)(F)C(Cl)(Br)C(Cl)Br. The summed E-state index contributed by atoms with van der Waals surface area (Å²) in [4.78, 5) is 0. The summed E-state index contributed by atoms with van der Waals surface area (Å²) in [5, 5.41) is 0. The Kier molecular flexibility index (Phi) is 10.7. The van der Waals surface area contributed by atoms with Crippen LogP contribution in [0.3, 0.4) is 0 Å². The molecule has 3 atom stereocenters. The van der Waals surface area contributed by atoms with E-state index >= 15 is 0 Å². The van der Waals surface area contributed by atoms with Gasteiger partial charge >= 0.3 is 12.4 Å². The molecule has 0 aliphatic carbocycles. The fourth-order valence-electron chi connectivity index (χ4n) is 0.284. The van der Waals surface area contributed by atoms with Gasteiger partial charge in [-0.25, -0.2) is 0 Å². The highest BCUT2D eigenvalue weighted by molar-refractivity contribution is 9.14. The van der Waals surface area contributed by atoms with Crippen LogP contribution >= 0.6 is 122 Å². The Hall–Kier alpha value is 2.95. The van der Waals surface area contributed by atoms with Gasteiger partial charge in [0.1, 0.15) is 4.29 Å². The third-order valence-electron chi connectivity index (χ3n) is 1.36. The average molecular weight is 684 g/mol. The predicted molar refractivity (Wildman–Crippen MR) is 89.1 cm³/mol. The molecule has 0 radical (unpaired) electrons. The monoisotopic (exact) mass is 678 g/mol. The molecule has 0 aliphatic heterocycles. The molecule has 0 bridgehead atoms. The molecule has 21 heavy (non-hydrogen) atoms. The van der Waals surface area contributed by atoms with E-state index in [1.165, 1.54) is 0 Å². The lowest BCUT2D eigenvalue weighted by Crippen LogP contribution is -2.44. The molecule has 0 aromatic rings. The molecule has 0 N–H and O–H groups in total. The molecule has 0 aliphatic rings. The van der Waals surface area contributed by atoms with Gasteiger partial charge in [-0.15, -0.1) is 11.6 Å². The van der Waals surface area contributed by atoms with Crippen molar-refractivity contribution in [2.45, 2.75) is 27.4 Å². The van der Waals surface area contributed by atoms with Crippen LogP contribution in [0.15, 0.2) is 0 Å². The Morgan fingerprint density at radius 1 is 0.714 bits per heavy atom. The molecule has 0 heterocycles. The van der Waals surface area contributed by atoms with Gasteiger partial charge in [0.15, 0.2) is 0 Å². The van der Waals surface area contributed by atoms with Crippen molar-refractivity contribution in [2.75, 3.05) is 0 Å². The zero-order chi connectivity index (χ0) is 18.1. The molecule has 0 amide bonds. The molecule has 15 heteroatoms. The Morgan fingerprint density at radius 2 is 1.00 bits per heavy atom. The van der Waals surface area contributed by atoms with Crippen molar-refractivity contribution >= 4 is 122 Å². The maximum absolute atomic E-state index is 12.0. The Balaban J connectivity index is 0. The molecule has 0 saturated heterocycles. The number of hydrogen-bond donors (Lipinski definition) is 0. The van der Waals surface area contributed by atoms with Crippen molar-refractivity contribution < 1.29 is 26.3 Å². The average Bonchev–Trinajstić information content (AvgIpc) is 2.12. The third kappa shape index (κ3) is 7.79. The van der Waals surface area contributed by atoms with E-state index in [0.29, 0.717) is 0 Å². The zero-order valence-electron chi connectivity index (χ0n) is 8.75. The number of alkyl halides is 15. The van der Waals surface area contributed by atoms with E-state index in [4.69, 9.17) is 58.0 Å². The lowest BCUT2D eigenvalue weighted by molar-refractivity contribution is -0.136. The normalized spacial score (nSPS) is 20.7. The van der Waals surface area contributed by atoms with Crippen LogP contribution in [-0.2, 0) is 0 Å². The van der Waals surface area contributed by atoms with Gasteiger partial charge < -0.3 is 0 Å². The highest BCUT2D eigenvalue weighted by Crippen LogP contribution is 2.56. The van der Waals surface area contributed by atoms with E-state index in [9.17, 15) is 26.3 Å². The van der Waals surface area contributed by atoms with Crippen molar-refractivity contribution in [1.82, 2.24) is 0 Å². The Morgan fingerprint density at radius 3 is 1.00 bits per heavy atom. The summed E-state index contributed by atoms with van der Waals surface area (Å²) in [5.74, 6) is 0. The van der Waals surface area contributed by atoms with Crippen LogP contribution in [0.2, 0.25) is 0 Å². The molecular formula is C6HBr4Cl5F6. The number of halogens is 15. The maximum atomic E-state index is 12.0. The van der Waals surface area contributed by atoms with Crippen LogP contribution in [0, 0.1) is 0 Å². The van der Waals surface area contributed by atoms with Crippen molar-refractivity contribution in [3.8, 4) is 0 Å². The fourth-order valence-corrected chi connectivity index (χ4v) is 1.11. The summed E-state index contributed by atoms with van der Waals surface area (Å²) in [5.41, 5.74) is 0.